The lowest BCUT2D eigenvalue weighted by Crippen LogP contribution is -2.28. The maximum atomic E-state index is 6.09. The zero-order valence-electron chi connectivity index (χ0n) is 13.9. The van der Waals surface area contributed by atoms with E-state index in [0.29, 0.717) is 12.5 Å². The topological polar surface area (TPSA) is 12.5 Å². The molecule has 2 rings (SSSR count). The number of ether oxygens (including phenoxy) is 1. The average molecular weight is 350 g/mol. The van der Waals surface area contributed by atoms with Crippen LogP contribution in [0.2, 0.25) is 5.02 Å². The highest BCUT2D eigenvalue weighted by molar-refractivity contribution is 7.80. The van der Waals surface area contributed by atoms with E-state index >= 15 is 0 Å². The Kier molecular flexibility index (Phi) is 6.82. The van der Waals surface area contributed by atoms with E-state index < -0.39 is 0 Å². The minimum atomic E-state index is 0.387. The highest BCUT2D eigenvalue weighted by Crippen LogP contribution is 2.24. The smallest absolute Gasteiger partial charge is 0.132 e. The molecule has 23 heavy (non-hydrogen) atoms. The van der Waals surface area contributed by atoms with Crippen LogP contribution in [0.25, 0.3) is 0 Å². The summed E-state index contributed by atoms with van der Waals surface area (Å²) in [4.78, 5) is 3.08. The standard InChI is InChI=1S/C19H24ClNOS/c1-14-7-8-18(19(23)9-14)22-13-16(12-21(2)3)10-15-5-4-6-17(20)11-15/h4-9,11,16,23H,10,12-13H2,1-3H3. The van der Waals surface area contributed by atoms with Gasteiger partial charge in [-0.15, -0.1) is 12.6 Å². The molecular formula is C19H24ClNOS. The van der Waals surface area contributed by atoms with Gasteiger partial charge < -0.3 is 9.64 Å². The van der Waals surface area contributed by atoms with Crippen molar-refractivity contribution in [3.8, 4) is 5.75 Å². The maximum absolute atomic E-state index is 6.09. The van der Waals surface area contributed by atoms with Gasteiger partial charge in [-0.05, 0) is 62.8 Å². The lowest BCUT2D eigenvalue weighted by atomic mass is 9.99. The first-order valence-electron chi connectivity index (χ1n) is 7.75. The monoisotopic (exact) mass is 349 g/mol. The van der Waals surface area contributed by atoms with Gasteiger partial charge in [-0.25, -0.2) is 0 Å². The van der Waals surface area contributed by atoms with Crippen LogP contribution >= 0.6 is 24.2 Å². The fourth-order valence-electron chi connectivity index (χ4n) is 2.65. The van der Waals surface area contributed by atoms with E-state index in [1.807, 2.05) is 36.4 Å². The van der Waals surface area contributed by atoms with Crippen molar-refractivity contribution >= 4 is 24.2 Å². The van der Waals surface area contributed by atoms with Crippen LogP contribution in [0.3, 0.4) is 0 Å². The van der Waals surface area contributed by atoms with Crippen LogP contribution in [0.1, 0.15) is 11.1 Å². The van der Waals surface area contributed by atoms with Crippen molar-refractivity contribution in [1.82, 2.24) is 4.90 Å². The van der Waals surface area contributed by atoms with Crippen molar-refractivity contribution in [3.05, 3.63) is 58.6 Å². The van der Waals surface area contributed by atoms with E-state index in [1.165, 1.54) is 11.1 Å². The van der Waals surface area contributed by atoms with Crippen LogP contribution in [0.4, 0.5) is 0 Å². The molecule has 0 aliphatic rings. The first-order valence-corrected chi connectivity index (χ1v) is 8.58. The van der Waals surface area contributed by atoms with E-state index in [2.05, 4.69) is 44.6 Å². The van der Waals surface area contributed by atoms with Gasteiger partial charge in [0.05, 0.1) is 6.61 Å². The van der Waals surface area contributed by atoms with Crippen molar-refractivity contribution in [2.24, 2.45) is 5.92 Å². The lowest BCUT2D eigenvalue weighted by Gasteiger charge is -2.22. The number of halogens is 1. The molecule has 0 radical (unpaired) electrons. The van der Waals surface area contributed by atoms with Gasteiger partial charge >= 0.3 is 0 Å². The molecule has 1 atom stereocenters. The summed E-state index contributed by atoms with van der Waals surface area (Å²) >= 11 is 10.6. The Bertz CT molecular complexity index is 645. The molecule has 2 aromatic carbocycles. The van der Waals surface area contributed by atoms with Crippen molar-refractivity contribution in [2.75, 3.05) is 27.2 Å². The molecule has 0 heterocycles. The molecule has 2 nitrogen and oxygen atoms in total. The zero-order chi connectivity index (χ0) is 16.8. The number of thiol groups is 1. The van der Waals surface area contributed by atoms with Gasteiger partial charge in [0, 0.05) is 22.4 Å². The van der Waals surface area contributed by atoms with Crippen molar-refractivity contribution in [1.29, 1.82) is 0 Å². The molecule has 0 saturated carbocycles. The number of aryl methyl sites for hydroxylation is 1. The Hall–Kier alpha value is -1.16. The number of nitrogens with zero attached hydrogens (tertiary/aromatic N) is 1. The largest absolute Gasteiger partial charge is 0.492 e. The number of benzene rings is 2. The van der Waals surface area contributed by atoms with Crippen molar-refractivity contribution in [2.45, 2.75) is 18.2 Å². The molecule has 0 fully saturated rings. The first-order chi connectivity index (χ1) is 10.9. The van der Waals surface area contributed by atoms with E-state index in [1.54, 1.807) is 0 Å². The summed E-state index contributed by atoms with van der Waals surface area (Å²) in [5.41, 5.74) is 2.43. The van der Waals surface area contributed by atoms with Gasteiger partial charge in [0.2, 0.25) is 0 Å². The van der Waals surface area contributed by atoms with Crippen LogP contribution in [0.15, 0.2) is 47.4 Å². The second-order valence-corrected chi connectivity index (χ2v) is 7.16. The van der Waals surface area contributed by atoms with E-state index in [0.717, 1.165) is 28.6 Å². The molecule has 0 N–H and O–H groups in total. The van der Waals surface area contributed by atoms with E-state index in [4.69, 9.17) is 16.3 Å². The summed E-state index contributed by atoms with van der Waals surface area (Å²) in [5, 5.41) is 0.781. The number of hydrogen-bond acceptors (Lipinski definition) is 3. The molecule has 124 valence electrons. The normalized spacial score (nSPS) is 12.4. The Morgan fingerprint density at radius 2 is 1.96 bits per heavy atom. The second-order valence-electron chi connectivity index (χ2n) is 6.24. The molecule has 1 unspecified atom stereocenters. The minimum Gasteiger partial charge on any atom is -0.492 e. The third-order valence-corrected chi connectivity index (χ3v) is 4.21. The summed E-state index contributed by atoms with van der Waals surface area (Å²) < 4.78 is 6.02. The quantitative estimate of drug-likeness (QED) is 0.725. The Balaban J connectivity index is 2.03. The third kappa shape index (κ3) is 6.09. The van der Waals surface area contributed by atoms with Crippen LogP contribution < -0.4 is 4.74 Å². The molecule has 2 aromatic rings. The van der Waals surface area contributed by atoms with Gasteiger partial charge in [0.1, 0.15) is 5.75 Å². The highest BCUT2D eigenvalue weighted by atomic mass is 35.5. The molecule has 0 aliphatic carbocycles. The average Bonchev–Trinajstić information content (AvgIpc) is 2.45. The summed E-state index contributed by atoms with van der Waals surface area (Å²) in [6.45, 7) is 3.67. The van der Waals surface area contributed by atoms with Crippen LogP contribution in [0.5, 0.6) is 5.75 Å². The predicted octanol–water partition coefficient (Wildman–Crippen LogP) is 4.74. The minimum absolute atomic E-state index is 0.387. The third-order valence-electron chi connectivity index (χ3n) is 3.63. The summed E-state index contributed by atoms with van der Waals surface area (Å²) in [6, 6.07) is 14.1. The van der Waals surface area contributed by atoms with Gasteiger partial charge in [-0.3, -0.25) is 0 Å². The summed E-state index contributed by atoms with van der Waals surface area (Å²) in [5.74, 6) is 1.23. The van der Waals surface area contributed by atoms with Crippen LogP contribution in [-0.4, -0.2) is 32.1 Å². The van der Waals surface area contributed by atoms with Gasteiger partial charge in [0.25, 0.3) is 0 Å². The number of rotatable bonds is 7. The van der Waals surface area contributed by atoms with Crippen molar-refractivity contribution < 1.29 is 4.74 Å². The maximum Gasteiger partial charge on any atom is 0.132 e. The SMILES string of the molecule is Cc1ccc(OCC(Cc2cccc(Cl)c2)CN(C)C)c(S)c1. The lowest BCUT2D eigenvalue weighted by molar-refractivity contribution is 0.206. The van der Waals surface area contributed by atoms with E-state index in [-0.39, 0.29) is 0 Å². The van der Waals surface area contributed by atoms with Gasteiger partial charge in [0.15, 0.2) is 0 Å². The highest BCUT2D eigenvalue weighted by Gasteiger charge is 2.13. The van der Waals surface area contributed by atoms with Gasteiger partial charge in [-0.2, -0.15) is 0 Å². The zero-order valence-corrected chi connectivity index (χ0v) is 15.6. The molecule has 0 bridgehead atoms. The fraction of sp³-hybridized carbons (Fsp3) is 0.368. The van der Waals surface area contributed by atoms with E-state index in [9.17, 15) is 0 Å². The molecule has 0 aromatic heterocycles. The summed E-state index contributed by atoms with van der Waals surface area (Å²) in [6.07, 6.45) is 0.937. The Labute approximate surface area is 149 Å². The first kappa shape index (κ1) is 18.2. The van der Waals surface area contributed by atoms with Gasteiger partial charge in [-0.1, -0.05) is 29.8 Å². The molecule has 0 aliphatic heterocycles. The number of hydrogen-bond donors (Lipinski definition) is 1. The molecular weight excluding hydrogens is 326 g/mol. The Morgan fingerprint density at radius 3 is 2.61 bits per heavy atom. The fourth-order valence-corrected chi connectivity index (χ4v) is 3.20. The van der Waals surface area contributed by atoms with Crippen LogP contribution in [0, 0.1) is 12.8 Å². The molecule has 0 spiro atoms. The summed E-state index contributed by atoms with van der Waals surface area (Å²) in [7, 11) is 4.17. The van der Waals surface area contributed by atoms with Crippen molar-refractivity contribution in [3.63, 3.8) is 0 Å². The molecule has 4 heteroatoms. The van der Waals surface area contributed by atoms with Crippen LogP contribution in [-0.2, 0) is 6.42 Å². The molecule has 0 amide bonds. The molecule has 0 saturated heterocycles. The predicted molar refractivity (Wildman–Crippen MR) is 101 cm³/mol. The second kappa shape index (κ2) is 8.62. The Morgan fingerprint density at radius 1 is 1.17 bits per heavy atom.